The maximum atomic E-state index is 10.4. The minimum Gasteiger partial charge on any atom is -0.389 e. The third-order valence-electron chi connectivity index (χ3n) is 5.55. The minimum absolute atomic E-state index is 0.306. The summed E-state index contributed by atoms with van der Waals surface area (Å²) < 4.78 is 6.09. The fourth-order valence-corrected chi connectivity index (χ4v) is 4.69. The molecular formula is C21H33NO2. The monoisotopic (exact) mass is 331 g/mol. The van der Waals surface area contributed by atoms with Crippen LogP contribution in [0.3, 0.4) is 0 Å². The van der Waals surface area contributed by atoms with Crippen LogP contribution in [0.25, 0.3) is 0 Å². The molecule has 1 saturated carbocycles. The highest BCUT2D eigenvalue weighted by molar-refractivity contribution is 5.29. The summed E-state index contributed by atoms with van der Waals surface area (Å²) in [5.41, 5.74) is 3.22. The normalized spacial score (nSPS) is 28.3. The average molecular weight is 332 g/mol. The summed E-state index contributed by atoms with van der Waals surface area (Å²) in [7, 11) is 0. The van der Waals surface area contributed by atoms with Gasteiger partial charge in [-0.3, -0.25) is 4.90 Å². The molecule has 1 aliphatic heterocycles. The van der Waals surface area contributed by atoms with Crippen LogP contribution < -0.4 is 0 Å². The number of hydrogen-bond donors (Lipinski definition) is 1. The summed E-state index contributed by atoms with van der Waals surface area (Å²) in [5.74, 6) is 0.717. The van der Waals surface area contributed by atoms with Gasteiger partial charge >= 0.3 is 0 Å². The Labute approximate surface area is 147 Å². The van der Waals surface area contributed by atoms with Gasteiger partial charge in [0.1, 0.15) is 0 Å². The second kappa shape index (κ2) is 7.55. The smallest absolute Gasteiger partial charge is 0.0900 e. The maximum Gasteiger partial charge on any atom is 0.0900 e. The van der Waals surface area contributed by atoms with E-state index in [1.165, 1.54) is 17.5 Å². The van der Waals surface area contributed by atoms with E-state index in [0.29, 0.717) is 24.7 Å². The molecule has 2 aliphatic rings. The average Bonchev–Trinajstić information content (AvgIpc) is 2.51. The molecule has 1 aromatic carbocycles. The fourth-order valence-electron chi connectivity index (χ4n) is 4.69. The molecule has 3 atom stereocenters. The topological polar surface area (TPSA) is 32.7 Å². The van der Waals surface area contributed by atoms with E-state index in [9.17, 15) is 5.11 Å². The van der Waals surface area contributed by atoms with Crippen molar-refractivity contribution in [2.75, 3.05) is 19.7 Å². The van der Waals surface area contributed by atoms with E-state index in [0.717, 1.165) is 38.3 Å². The summed E-state index contributed by atoms with van der Waals surface area (Å²) in [5, 5.41) is 10.4. The molecule has 3 heteroatoms. The molecule has 24 heavy (non-hydrogen) atoms. The SMILES string of the molecule is C[C@@H]1C[C@H](OC[C@H](O)CN2CCc3ccccc3C2)CC(C)(C)C1. The summed E-state index contributed by atoms with van der Waals surface area (Å²) in [6.07, 6.45) is 4.52. The highest BCUT2D eigenvalue weighted by atomic mass is 16.5. The third kappa shape index (κ3) is 4.81. The lowest BCUT2D eigenvalue weighted by atomic mass is 9.71. The molecule has 0 saturated heterocycles. The second-order valence-corrected chi connectivity index (χ2v) is 8.78. The van der Waals surface area contributed by atoms with Gasteiger partial charge in [0.15, 0.2) is 0 Å². The number of fused-ring (bicyclic) bond motifs is 1. The van der Waals surface area contributed by atoms with Crippen LogP contribution in [0.1, 0.15) is 51.2 Å². The van der Waals surface area contributed by atoms with Crippen LogP contribution in [0.5, 0.6) is 0 Å². The van der Waals surface area contributed by atoms with Gasteiger partial charge in [-0.05, 0) is 48.1 Å². The molecule has 0 amide bonds. The number of aliphatic hydroxyl groups is 1. The first kappa shape index (κ1) is 17.9. The lowest BCUT2D eigenvalue weighted by Gasteiger charge is -2.39. The Morgan fingerprint density at radius 2 is 2.00 bits per heavy atom. The first-order chi connectivity index (χ1) is 11.4. The molecule has 3 rings (SSSR count). The fraction of sp³-hybridized carbons (Fsp3) is 0.714. The summed E-state index contributed by atoms with van der Waals surface area (Å²) in [6, 6.07) is 8.64. The van der Waals surface area contributed by atoms with Gasteiger partial charge in [0.25, 0.3) is 0 Å². The van der Waals surface area contributed by atoms with Crippen molar-refractivity contribution < 1.29 is 9.84 Å². The summed E-state index contributed by atoms with van der Waals surface area (Å²) in [6.45, 7) is 10.1. The van der Waals surface area contributed by atoms with Crippen molar-refractivity contribution in [1.82, 2.24) is 4.90 Å². The first-order valence-corrected chi connectivity index (χ1v) is 9.50. The van der Waals surface area contributed by atoms with Crippen LogP contribution in [0, 0.1) is 11.3 Å². The first-order valence-electron chi connectivity index (χ1n) is 9.50. The standard InChI is InChI=1S/C21H33NO2/c1-16-10-20(12-21(2,3)11-16)24-15-19(23)14-22-9-8-17-6-4-5-7-18(17)13-22/h4-7,16,19-20,23H,8-15H2,1-3H3/t16-,19-,20+/m1/s1. The van der Waals surface area contributed by atoms with Crippen LogP contribution in [-0.2, 0) is 17.7 Å². The van der Waals surface area contributed by atoms with E-state index in [1.54, 1.807) is 0 Å². The van der Waals surface area contributed by atoms with Crippen LogP contribution in [0.2, 0.25) is 0 Å². The van der Waals surface area contributed by atoms with Crippen molar-refractivity contribution in [1.29, 1.82) is 0 Å². The number of aliphatic hydroxyl groups excluding tert-OH is 1. The Kier molecular flexibility index (Phi) is 5.63. The van der Waals surface area contributed by atoms with Crippen molar-refractivity contribution >= 4 is 0 Å². The molecule has 0 unspecified atom stereocenters. The Morgan fingerprint density at radius 1 is 1.25 bits per heavy atom. The third-order valence-corrected chi connectivity index (χ3v) is 5.55. The zero-order chi connectivity index (χ0) is 17.2. The van der Waals surface area contributed by atoms with E-state index in [2.05, 4.69) is 49.9 Å². The zero-order valence-corrected chi connectivity index (χ0v) is 15.5. The van der Waals surface area contributed by atoms with Crippen LogP contribution >= 0.6 is 0 Å². The quantitative estimate of drug-likeness (QED) is 0.894. The molecule has 1 aliphatic carbocycles. The number of nitrogens with zero attached hydrogens (tertiary/aromatic N) is 1. The van der Waals surface area contributed by atoms with Gasteiger partial charge < -0.3 is 9.84 Å². The summed E-state index contributed by atoms with van der Waals surface area (Å²) >= 11 is 0. The molecule has 1 heterocycles. The van der Waals surface area contributed by atoms with Crippen molar-refractivity contribution in [3.8, 4) is 0 Å². The van der Waals surface area contributed by atoms with Crippen LogP contribution in [0.4, 0.5) is 0 Å². The molecule has 0 aromatic heterocycles. The van der Waals surface area contributed by atoms with Gasteiger partial charge in [0, 0.05) is 19.6 Å². The van der Waals surface area contributed by atoms with Gasteiger partial charge in [-0.15, -0.1) is 0 Å². The number of hydrogen-bond acceptors (Lipinski definition) is 3. The molecule has 0 bridgehead atoms. The number of rotatable bonds is 5. The van der Waals surface area contributed by atoms with Gasteiger partial charge in [0.05, 0.1) is 18.8 Å². The molecule has 1 aromatic rings. The Hall–Kier alpha value is -0.900. The predicted molar refractivity (Wildman–Crippen MR) is 98.0 cm³/mol. The Bertz CT molecular complexity index is 542. The predicted octanol–water partition coefficient (Wildman–Crippen LogP) is 3.64. The second-order valence-electron chi connectivity index (χ2n) is 8.78. The number of β-amino-alcohol motifs (C(OH)–C–C–N with tert-alkyl or cyclic N) is 1. The number of benzene rings is 1. The van der Waals surface area contributed by atoms with Gasteiger partial charge in [-0.1, -0.05) is 45.0 Å². The van der Waals surface area contributed by atoms with E-state index in [4.69, 9.17) is 4.74 Å². The van der Waals surface area contributed by atoms with Gasteiger partial charge in [0.2, 0.25) is 0 Å². The van der Waals surface area contributed by atoms with Crippen molar-refractivity contribution in [2.45, 2.75) is 65.2 Å². The lowest BCUT2D eigenvalue weighted by molar-refractivity contribution is -0.0620. The number of ether oxygens (including phenoxy) is 1. The Balaban J connectivity index is 1.44. The van der Waals surface area contributed by atoms with Gasteiger partial charge in [-0.2, -0.15) is 0 Å². The van der Waals surface area contributed by atoms with Crippen LogP contribution in [-0.4, -0.2) is 41.9 Å². The van der Waals surface area contributed by atoms with Crippen molar-refractivity contribution in [3.63, 3.8) is 0 Å². The molecule has 1 fully saturated rings. The van der Waals surface area contributed by atoms with Gasteiger partial charge in [-0.25, -0.2) is 0 Å². The largest absolute Gasteiger partial charge is 0.389 e. The molecule has 0 spiro atoms. The molecule has 3 nitrogen and oxygen atoms in total. The molecule has 0 radical (unpaired) electrons. The van der Waals surface area contributed by atoms with E-state index < -0.39 is 6.10 Å². The van der Waals surface area contributed by atoms with E-state index >= 15 is 0 Å². The van der Waals surface area contributed by atoms with Crippen molar-refractivity contribution in [2.24, 2.45) is 11.3 Å². The van der Waals surface area contributed by atoms with Crippen LogP contribution in [0.15, 0.2) is 24.3 Å². The molecule has 1 N–H and O–H groups in total. The minimum atomic E-state index is -0.393. The zero-order valence-electron chi connectivity index (χ0n) is 15.5. The van der Waals surface area contributed by atoms with E-state index in [-0.39, 0.29) is 0 Å². The molecule has 134 valence electrons. The highest BCUT2D eigenvalue weighted by Gasteiger charge is 2.32. The van der Waals surface area contributed by atoms with E-state index in [1.807, 2.05) is 0 Å². The molecular weight excluding hydrogens is 298 g/mol. The summed E-state index contributed by atoms with van der Waals surface area (Å²) in [4.78, 5) is 2.35. The highest BCUT2D eigenvalue weighted by Crippen LogP contribution is 2.39. The maximum absolute atomic E-state index is 10.4. The van der Waals surface area contributed by atoms with Crippen molar-refractivity contribution in [3.05, 3.63) is 35.4 Å². The lowest BCUT2D eigenvalue weighted by Crippen LogP contribution is -2.40. The Morgan fingerprint density at radius 3 is 2.75 bits per heavy atom.